The van der Waals surface area contributed by atoms with E-state index < -0.39 is 0 Å². The maximum Gasteiger partial charge on any atom is 0.161 e. The van der Waals surface area contributed by atoms with Gasteiger partial charge in [-0.25, -0.2) is 4.98 Å². The van der Waals surface area contributed by atoms with Crippen molar-refractivity contribution in [1.82, 2.24) is 14.6 Å². The zero-order valence-corrected chi connectivity index (χ0v) is 15.4. The van der Waals surface area contributed by atoms with E-state index in [0.29, 0.717) is 23.0 Å². The van der Waals surface area contributed by atoms with Crippen LogP contribution in [0.3, 0.4) is 0 Å². The Labute approximate surface area is 157 Å². The molecular formula is C21H20N4O2. The largest absolute Gasteiger partial charge is 0.493 e. The fraction of sp³-hybridized carbons (Fsp3) is 0.143. The molecule has 0 bridgehead atoms. The third-order valence-corrected chi connectivity index (χ3v) is 4.56. The minimum absolute atomic E-state index is 0.519. The molecule has 2 aromatic heterocycles. The highest BCUT2D eigenvalue weighted by Gasteiger charge is 2.14. The number of hydrogen-bond donors (Lipinski definition) is 1. The van der Waals surface area contributed by atoms with Crippen LogP contribution in [-0.2, 0) is 0 Å². The van der Waals surface area contributed by atoms with Crippen molar-refractivity contribution >= 4 is 11.5 Å². The van der Waals surface area contributed by atoms with Gasteiger partial charge in [0.25, 0.3) is 0 Å². The molecule has 0 aliphatic carbocycles. The zero-order valence-electron chi connectivity index (χ0n) is 15.4. The fourth-order valence-corrected chi connectivity index (χ4v) is 3.04. The summed E-state index contributed by atoms with van der Waals surface area (Å²) in [5, 5.41) is 4.65. The van der Waals surface area contributed by atoms with E-state index in [9.17, 15) is 0 Å². The second kappa shape index (κ2) is 6.64. The van der Waals surface area contributed by atoms with Crippen molar-refractivity contribution in [1.29, 1.82) is 0 Å². The van der Waals surface area contributed by atoms with E-state index in [1.807, 2.05) is 36.4 Å². The van der Waals surface area contributed by atoms with Gasteiger partial charge in [-0.15, -0.1) is 0 Å². The van der Waals surface area contributed by atoms with Crippen LogP contribution in [0.25, 0.3) is 28.0 Å². The Balaban J connectivity index is 1.82. The van der Waals surface area contributed by atoms with Crippen LogP contribution in [-0.4, -0.2) is 28.8 Å². The van der Waals surface area contributed by atoms with Gasteiger partial charge in [-0.2, -0.15) is 9.61 Å². The number of rotatable bonds is 4. The van der Waals surface area contributed by atoms with Gasteiger partial charge in [0, 0.05) is 23.4 Å². The maximum atomic E-state index is 6.42. The molecule has 2 aromatic carbocycles. The van der Waals surface area contributed by atoms with Crippen LogP contribution in [0.1, 0.15) is 5.56 Å². The van der Waals surface area contributed by atoms with Crippen molar-refractivity contribution in [3.8, 4) is 33.9 Å². The van der Waals surface area contributed by atoms with Gasteiger partial charge in [-0.3, -0.25) is 0 Å². The summed E-state index contributed by atoms with van der Waals surface area (Å²) in [6.07, 6.45) is 1.76. The predicted molar refractivity (Wildman–Crippen MR) is 106 cm³/mol. The smallest absolute Gasteiger partial charge is 0.161 e. The van der Waals surface area contributed by atoms with Crippen LogP contribution in [0.5, 0.6) is 11.5 Å². The molecular weight excluding hydrogens is 340 g/mol. The molecule has 0 amide bonds. The lowest BCUT2D eigenvalue weighted by Crippen LogP contribution is -2.03. The van der Waals surface area contributed by atoms with E-state index in [4.69, 9.17) is 15.2 Å². The molecule has 6 nitrogen and oxygen atoms in total. The van der Waals surface area contributed by atoms with Crippen LogP contribution in [0, 0.1) is 6.92 Å². The van der Waals surface area contributed by atoms with Gasteiger partial charge in [0.15, 0.2) is 17.1 Å². The first kappa shape index (κ1) is 16.9. The molecule has 136 valence electrons. The summed E-state index contributed by atoms with van der Waals surface area (Å²) < 4.78 is 12.4. The summed E-state index contributed by atoms with van der Waals surface area (Å²) in [7, 11) is 3.21. The average Bonchev–Trinajstić information content (AvgIpc) is 3.13. The van der Waals surface area contributed by atoms with E-state index in [0.717, 1.165) is 22.4 Å². The number of aromatic nitrogens is 3. The SMILES string of the molecule is COc1ccc(-c2cnc3cc(-c4ccc(C)cc4)nn3c2N)cc1OC. The third kappa shape index (κ3) is 2.95. The monoisotopic (exact) mass is 360 g/mol. The first-order valence-corrected chi connectivity index (χ1v) is 8.54. The summed E-state index contributed by atoms with van der Waals surface area (Å²) in [4.78, 5) is 4.53. The van der Waals surface area contributed by atoms with E-state index in [-0.39, 0.29) is 0 Å². The second-order valence-corrected chi connectivity index (χ2v) is 6.29. The Bertz CT molecular complexity index is 1120. The Morgan fingerprint density at radius 2 is 1.59 bits per heavy atom. The van der Waals surface area contributed by atoms with Crippen LogP contribution in [0.2, 0.25) is 0 Å². The van der Waals surface area contributed by atoms with E-state index >= 15 is 0 Å². The van der Waals surface area contributed by atoms with Gasteiger partial charge < -0.3 is 15.2 Å². The zero-order chi connectivity index (χ0) is 19.0. The highest BCUT2D eigenvalue weighted by Crippen LogP contribution is 2.34. The number of hydrogen-bond acceptors (Lipinski definition) is 5. The van der Waals surface area contributed by atoms with Crippen molar-refractivity contribution in [2.45, 2.75) is 6.92 Å². The van der Waals surface area contributed by atoms with Crippen LogP contribution in [0.15, 0.2) is 54.7 Å². The quantitative estimate of drug-likeness (QED) is 0.596. The van der Waals surface area contributed by atoms with E-state index in [2.05, 4.69) is 29.1 Å². The fourth-order valence-electron chi connectivity index (χ4n) is 3.04. The standard InChI is InChI=1S/C21H20N4O2/c1-13-4-6-14(7-5-13)17-11-20-23-12-16(21(22)25(20)24-17)15-8-9-18(26-2)19(10-15)27-3/h4-12H,22H2,1-3H3. The highest BCUT2D eigenvalue weighted by molar-refractivity contribution is 5.77. The van der Waals surface area contributed by atoms with Gasteiger partial charge in [-0.1, -0.05) is 35.9 Å². The van der Waals surface area contributed by atoms with Gasteiger partial charge in [-0.05, 0) is 24.6 Å². The minimum atomic E-state index is 0.519. The van der Waals surface area contributed by atoms with Crippen molar-refractivity contribution in [3.05, 3.63) is 60.3 Å². The molecule has 0 saturated heterocycles. The molecule has 2 heterocycles. The average molecular weight is 360 g/mol. The Kier molecular flexibility index (Phi) is 4.16. The first-order chi connectivity index (χ1) is 13.1. The lowest BCUT2D eigenvalue weighted by atomic mass is 10.1. The van der Waals surface area contributed by atoms with Crippen molar-refractivity contribution in [2.75, 3.05) is 20.0 Å². The molecule has 0 spiro atoms. The second-order valence-electron chi connectivity index (χ2n) is 6.29. The molecule has 4 rings (SSSR count). The van der Waals surface area contributed by atoms with Crippen molar-refractivity contribution in [3.63, 3.8) is 0 Å². The summed E-state index contributed by atoms with van der Waals surface area (Å²) >= 11 is 0. The molecule has 27 heavy (non-hydrogen) atoms. The summed E-state index contributed by atoms with van der Waals surface area (Å²) in [6.45, 7) is 2.06. The number of nitrogens with zero attached hydrogens (tertiary/aromatic N) is 3. The highest BCUT2D eigenvalue weighted by atomic mass is 16.5. The molecule has 6 heteroatoms. The van der Waals surface area contributed by atoms with Crippen LogP contribution >= 0.6 is 0 Å². The number of nitrogen functional groups attached to an aromatic ring is 1. The number of aryl methyl sites for hydroxylation is 1. The summed E-state index contributed by atoms with van der Waals surface area (Å²) in [5.41, 5.74) is 11.8. The third-order valence-electron chi connectivity index (χ3n) is 4.56. The normalized spacial score (nSPS) is 10.9. The summed E-state index contributed by atoms with van der Waals surface area (Å²) in [6, 6.07) is 15.8. The number of ether oxygens (including phenoxy) is 2. The molecule has 0 saturated carbocycles. The number of methoxy groups -OCH3 is 2. The lowest BCUT2D eigenvalue weighted by Gasteiger charge is -2.11. The lowest BCUT2D eigenvalue weighted by molar-refractivity contribution is 0.355. The van der Waals surface area contributed by atoms with E-state index in [1.165, 1.54) is 5.56 Å². The van der Waals surface area contributed by atoms with E-state index in [1.54, 1.807) is 24.9 Å². The Morgan fingerprint density at radius 1 is 0.889 bits per heavy atom. The number of fused-ring (bicyclic) bond motifs is 1. The topological polar surface area (TPSA) is 74.7 Å². The van der Waals surface area contributed by atoms with Crippen molar-refractivity contribution < 1.29 is 9.47 Å². The Hall–Kier alpha value is -3.54. The molecule has 0 unspecified atom stereocenters. The van der Waals surface area contributed by atoms with Crippen LogP contribution < -0.4 is 15.2 Å². The van der Waals surface area contributed by atoms with Crippen molar-refractivity contribution in [2.24, 2.45) is 0 Å². The van der Waals surface area contributed by atoms with Gasteiger partial charge in [0.1, 0.15) is 5.82 Å². The summed E-state index contributed by atoms with van der Waals surface area (Å²) in [5.74, 6) is 1.82. The molecule has 0 radical (unpaired) electrons. The molecule has 2 N–H and O–H groups in total. The molecule has 4 aromatic rings. The molecule has 0 aliphatic rings. The Morgan fingerprint density at radius 3 is 2.30 bits per heavy atom. The minimum Gasteiger partial charge on any atom is -0.493 e. The maximum absolute atomic E-state index is 6.42. The molecule has 0 aliphatic heterocycles. The van der Waals surface area contributed by atoms with Gasteiger partial charge >= 0.3 is 0 Å². The van der Waals surface area contributed by atoms with Gasteiger partial charge in [0.2, 0.25) is 0 Å². The van der Waals surface area contributed by atoms with Gasteiger partial charge in [0.05, 0.1) is 19.9 Å². The predicted octanol–water partition coefficient (Wildman–Crippen LogP) is 3.97. The molecule has 0 atom stereocenters. The number of nitrogens with two attached hydrogens (primary N) is 1. The van der Waals surface area contributed by atoms with Crippen LogP contribution in [0.4, 0.5) is 5.82 Å². The molecule has 0 fully saturated rings. The number of anilines is 1. The number of benzene rings is 2. The first-order valence-electron chi connectivity index (χ1n) is 8.54.